The minimum atomic E-state index is -1.93. The number of allylic oxidation sites excluding steroid dienone is 2. The van der Waals surface area contributed by atoms with Gasteiger partial charge in [0.2, 0.25) is 0 Å². The molecule has 2 aliphatic carbocycles. The van der Waals surface area contributed by atoms with Gasteiger partial charge in [0.05, 0.1) is 0 Å². The summed E-state index contributed by atoms with van der Waals surface area (Å²) in [6, 6.07) is 29.6. The van der Waals surface area contributed by atoms with Crippen molar-refractivity contribution in [3.8, 4) is 22.4 Å². The van der Waals surface area contributed by atoms with E-state index in [1.165, 1.54) is 65.0 Å². The summed E-state index contributed by atoms with van der Waals surface area (Å²) in [7, 11) is 0. The molecule has 1 radical (unpaired) electrons. The van der Waals surface area contributed by atoms with E-state index in [4.69, 9.17) is 4.98 Å². The molecule has 2 fully saturated rings. The van der Waals surface area contributed by atoms with E-state index < -0.39 is 13.3 Å². The fraction of sp³-hybridized carbons (Fsp3) is 0.442. The van der Waals surface area contributed by atoms with Gasteiger partial charge < -0.3 is 5.11 Å². The Balaban J connectivity index is 0.000000236. The Morgan fingerprint density at radius 2 is 1.46 bits per heavy atom. The number of ketones is 1. The normalized spacial score (nSPS) is 16.5. The molecule has 257 valence electrons. The topological polar surface area (TPSA) is 50.2 Å². The molecule has 1 aromatic heterocycles. The number of carbonyl (C=O) groups excluding carboxylic acids is 1. The van der Waals surface area contributed by atoms with Gasteiger partial charge in [0, 0.05) is 37.5 Å². The number of fused-ring (bicyclic) bond motifs is 1. The largest absolute Gasteiger partial charge is 0 e. The summed E-state index contributed by atoms with van der Waals surface area (Å²) in [4.78, 5) is 17.4. The van der Waals surface area contributed by atoms with Crippen LogP contribution in [0.1, 0.15) is 96.5 Å². The van der Waals surface area contributed by atoms with Gasteiger partial charge >= 0.3 is 177 Å². The Labute approximate surface area is 305 Å². The molecule has 0 unspecified atom stereocenters. The van der Waals surface area contributed by atoms with E-state index in [2.05, 4.69) is 104 Å². The zero-order valence-corrected chi connectivity index (χ0v) is 34.4. The van der Waals surface area contributed by atoms with Crippen LogP contribution in [0.5, 0.6) is 0 Å². The molecule has 0 amide bonds. The van der Waals surface area contributed by atoms with Crippen molar-refractivity contribution < 1.29 is 30.0 Å². The molecule has 48 heavy (non-hydrogen) atoms. The summed E-state index contributed by atoms with van der Waals surface area (Å²) in [5, 5.41) is 11.6. The van der Waals surface area contributed by atoms with Crippen molar-refractivity contribution in [2.75, 3.05) is 0 Å². The predicted molar refractivity (Wildman–Crippen MR) is 202 cm³/mol. The van der Waals surface area contributed by atoms with Crippen LogP contribution in [-0.2, 0) is 24.9 Å². The molecule has 0 spiro atoms. The number of benzene rings is 3. The van der Waals surface area contributed by atoms with Gasteiger partial charge in [-0.05, 0) is 32.6 Å². The van der Waals surface area contributed by atoms with Gasteiger partial charge in [-0.15, -0.1) is 0 Å². The van der Waals surface area contributed by atoms with E-state index in [1.54, 1.807) is 0 Å². The summed E-state index contributed by atoms with van der Waals surface area (Å²) in [5.74, 6) is 8.88. The van der Waals surface area contributed by atoms with Crippen LogP contribution in [-0.4, -0.2) is 29.1 Å². The van der Waals surface area contributed by atoms with Crippen molar-refractivity contribution in [3.05, 3.63) is 95.8 Å². The zero-order valence-electron chi connectivity index (χ0n) is 29.9. The van der Waals surface area contributed by atoms with Crippen LogP contribution in [0, 0.1) is 17.9 Å². The average Bonchev–Trinajstić information content (AvgIpc) is 3.11. The first-order chi connectivity index (χ1) is 22.5. The molecular formula is C43H54GeIrNO2-. The van der Waals surface area contributed by atoms with E-state index in [0.717, 1.165) is 42.5 Å². The van der Waals surface area contributed by atoms with E-state index in [0.29, 0.717) is 17.3 Å². The molecule has 6 rings (SSSR count). The number of pyridine rings is 1. The number of Topliss-reactive ketones (excluding diaryl/α,β-unsaturated/α-hetero) is 1. The van der Waals surface area contributed by atoms with Crippen LogP contribution in [0.2, 0.25) is 17.3 Å². The molecule has 4 aromatic rings. The van der Waals surface area contributed by atoms with Crippen LogP contribution in [0.25, 0.3) is 33.3 Å². The predicted octanol–water partition coefficient (Wildman–Crippen LogP) is 11.6. The van der Waals surface area contributed by atoms with Crippen LogP contribution >= 0.6 is 0 Å². The van der Waals surface area contributed by atoms with Crippen molar-refractivity contribution in [2.24, 2.45) is 11.8 Å². The summed E-state index contributed by atoms with van der Waals surface area (Å²) in [5.41, 5.74) is 7.57. The second-order valence-electron chi connectivity index (χ2n) is 15.1. The Hall–Kier alpha value is -2.53. The maximum absolute atomic E-state index is 12.4. The molecule has 0 saturated heterocycles. The van der Waals surface area contributed by atoms with E-state index in [9.17, 15) is 9.90 Å². The summed E-state index contributed by atoms with van der Waals surface area (Å²) in [6.07, 6.45) is 11.4. The van der Waals surface area contributed by atoms with Crippen molar-refractivity contribution >= 4 is 34.3 Å². The molecule has 2 saturated carbocycles. The average molecular weight is 882 g/mol. The van der Waals surface area contributed by atoms with Crippen LogP contribution in [0.3, 0.4) is 0 Å². The molecular weight excluding hydrogens is 827 g/mol. The monoisotopic (exact) mass is 883 g/mol. The number of nitrogens with zero attached hydrogens (tertiary/aromatic N) is 1. The van der Waals surface area contributed by atoms with E-state index in [-0.39, 0.29) is 37.7 Å². The second kappa shape index (κ2) is 17.4. The SMILES string of the molecule is C/C(C(=O)C1CCCCC1)=C(/O)C1CCCCC1.CC(C)c1cc[c-]c(-c2cc(-c3ccccc3)c3c[c]([Ge]([CH3])([CH3])[CH3])ccc3n2)c1.[Ir]. The Morgan fingerprint density at radius 1 is 0.833 bits per heavy atom. The van der Waals surface area contributed by atoms with Gasteiger partial charge in [0.25, 0.3) is 0 Å². The minimum absolute atomic E-state index is 0. The molecule has 3 aromatic carbocycles. The van der Waals surface area contributed by atoms with E-state index in [1.807, 2.05) is 13.0 Å². The van der Waals surface area contributed by atoms with Crippen molar-refractivity contribution in [1.82, 2.24) is 4.98 Å². The molecule has 5 heteroatoms. The molecule has 1 heterocycles. The fourth-order valence-corrected chi connectivity index (χ4v) is 9.59. The van der Waals surface area contributed by atoms with Gasteiger partial charge in [-0.1, -0.05) is 38.5 Å². The molecule has 0 bridgehead atoms. The molecule has 2 aliphatic rings. The second-order valence-corrected chi connectivity index (χ2v) is 25.8. The van der Waals surface area contributed by atoms with E-state index >= 15 is 0 Å². The van der Waals surface area contributed by atoms with Crippen LogP contribution in [0.4, 0.5) is 0 Å². The number of hydrogen-bond acceptors (Lipinski definition) is 3. The smallest absolute Gasteiger partial charge is 0 e. The first-order valence-electron chi connectivity index (χ1n) is 18.0. The van der Waals surface area contributed by atoms with Gasteiger partial charge in [-0.2, -0.15) is 0 Å². The Kier molecular flexibility index (Phi) is 13.9. The first-order valence-corrected chi connectivity index (χ1v) is 25.3. The maximum Gasteiger partial charge on any atom is 0 e. The summed E-state index contributed by atoms with van der Waals surface area (Å²) >= 11 is -1.93. The summed E-state index contributed by atoms with van der Waals surface area (Å²) < 4.78 is 1.51. The molecule has 1 N–H and O–H groups in total. The maximum atomic E-state index is 12.4. The van der Waals surface area contributed by atoms with Crippen molar-refractivity contribution in [3.63, 3.8) is 0 Å². The quantitative estimate of drug-likeness (QED) is 0.0871. The number of aliphatic hydroxyl groups is 1. The standard InChI is InChI=1S/C27H28GeN.C16H26O2.Ir/c1-19(2)21-12-9-13-22(16-21)27-18-24(20-10-7-6-8-11-20)25-17-23(28(3,4)5)14-15-26(25)29-27;1-12(15(17)13-8-4-2-5-9-13)16(18)14-10-6-3-7-11-14;/h6-12,14-19H,1-5H3;13-14,17H,2-11H2,1H3;/q-1;;/b;15-12-;. The third kappa shape index (κ3) is 9.58. The molecule has 0 atom stereocenters. The number of aromatic nitrogens is 1. The minimum Gasteiger partial charge on any atom is 0 e. The third-order valence-electron chi connectivity index (χ3n) is 10.2. The number of hydrogen-bond donors (Lipinski definition) is 1. The first kappa shape index (κ1) is 38.3. The third-order valence-corrected chi connectivity index (χ3v) is 14.5. The number of rotatable bonds is 7. The van der Waals surface area contributed by atoms with Crippen LogP contribution in [0.15, 0.2) is 84.1 Å². The summed E-state index contributed by atoms with van der Waals surface area (Å²) in [6.45, 7) is 6.28. The van der Waals surface area contributed by atoms with Crippen molar-refractivity contribution in [1.29, 1.82) is 0 Å². The number of aliphatic hydroxyl groups excluding tert-OH is 1. The zero-order chi connectivity index (χ0) is 33.6. The number of carbonyl (C=O) groups is 1. The van der Waals surface area contributed by atoms with Gasteiger partial charge in [-0.25, -0.2) is 0 Å². The Morgan fingerprint density at radius 3 is 2.06 bits per heavy atom. The van der Waals surface area contributed by atoms with Crippen LogP contribution < -0.4 is 4.40 Å². The molecule has 0 aliphatic heterocycles. The van der Waals surface area contributed by atoms with Crippen molar-refractivity contribution in [2.45, 2.75) is 108 Å². The Bertz CT molecular complexity index is 1690. The van der Waals surface area contributed by atoms with Gasteiger partial charge in [-0.3, -0.25) is 4.79 Å². The van der Waals surface area contributed by atoms with Gasteiger partial charge in [0.15, 0.2) is 5.78 Å². The molecule has 3 nitrogen and oxygen atoms in total. The van der Waals surface area contributed by atoms with Gasteiger partial charge in [0.1, 0.15) is 5.76 Å². The fourth-order valence-electron chi connectivity index (χ4n) is 7.16.